The molecule has 0 aliphatic rings. The highest BCUT2D eigenvalue weighted by atomic mass is 35.5. The fourth-order valence-electron chi connectivity index (χ4n) is 3.31. The third-order valence-corrected chi connectivity index (χ3v) is 6.18. The summed E-state index contributed by atoms with van der Waals surface area (Å²) in [6.07, 6.45) is 2.00. The van der Waals surface area contributed by atoms with Crippen LogP contribution in [0.5, 0.6) is 0 Å². The summed E-state index contributed by atoms with van der Waals surface area (Å²) >= 11 is 7.06. The third kappa shape index (κ3) is 4.62. The summed E-state index contributed by atoms with van der Waals surface area (Å²) in [6.45, 7) is 0. The third-order valence-electron chi connectivity index (χ3n) is 5.05. The van der Waals surface area contributed by atoms with Gasteiger partial charge in [0.1, 0.15) is 10.2 Å². The van der Waals surface area contributed by atoms with Crippen molar-refractivity contribution in [3.63, 3.8) is 0 Å². The second-order valence-corrected chi connectivity index (χ2v) is 8.29. The number of aromatic nitrogens is 1. The van der Waals surface area contributed by atoms with Gasteiger partial charge in [0.2, 0.25) is 6.41 Å². The van der Waals surface area contributed by atoms with Crippen LogP contribution in [0.3, 0.4) is 0 Å². The smallest absolute Gasteiger partial charge is 0.261 e. The lowest BCUT2D eigenvalue weighted by Gasteiger charge is -2.18. The van der Waals surface area contributed by atoms with Crippen molar-refractivity contribution in [1.82, 2.24) is 4.98 Å². The number of hydrogen-bond donors (Lipinski definition) is 1. The van der Waals surface area contributed by atoms with Crippen molar-refractivity contribution in [2.75, 3.05) is 17.3 Å². The molecular weight excluding hydrogens is 468 g/mol. The predicted octanol–water partition coefficient (Wildman–Crippen LogP) is 6.25. The van der Waals surface area contributed by atoms with Crippen molar-refractivity contribution in [3.05, 3.63) is 88.5 Å². The average molecular weight is 484 g/mol. The molecule has 4 rings (SSSR count). The summed E-state index contributed by atoms with van der Waals surface area (Å²) in [4.78, 5) is 29.9. The van der Waals surface area contributed by atoms with Crippen LogP contribution in [-0.2, 0) is 4.79 Å². The Morgan fingerprint density at radius 1 is 1.03 bits per heavy atom. The molecule has 0 atom stereocenters. The number of benzene rings is 2. The minimum atomic E-state index is -0.924. The van der Waals surface area contributed by atoms with Crippen molar-refractivity contribution in [2.45, 2.75) is 0 Å². The topological polar surface area (TPSA) is 62.3 Å². The number of halogens is 3. The Morgan fingerprint density at radius 3 is 2.36 bits per heavy atom. The van der Waals surface area contributed by atoms with Gasteiger partial charge in [-0.2, -0.15) is 0 Å². The van der Waals surface area contributed by atoms with Crippen molar-refractivity contribution in [2.24, 2.45) is 0 Å². The van der Waals surface area contributed by atoms with E-state index in [2.05, 4.69) is 10.3 Å². The molecule has 33 heavy (non-hydrogen) atoms. The quantitative estimate of drug-likeness (QED) is 0.260. The normalized spacial score (nSPS) is 10.7. The zero-order valence-electron chi connectivity index (χ0n) is 17.2. The highest BCUT2D eigenvalue weighted by Gasteiger charge is 2.24. The number of nitrogens with zero attached hydrogens (tertiary/aromatic N) is 2. The average Bonchev–Trinajstić information content (AvgIpc) is 3.24. The summed E-state index contributed by atoms with van der Waals surface area (Å²) < 4.78 is 26.8. The van der Waals surface area contributed by atoms with Crippen LogP contribution in [0.4, 0.5) is 19.5 Å². The van der Waals surface area contributed by atoms with Crippen LogP contribution in [0.15, 0.2) is 66.2 Å². The Labute approximate surface area is 197 Å². The van der Waals surface area contributed by atoms with Crippen LogP contribution < -0.4 is 10.2 Å². The van der Waals surface area contributed by atoms with Gasteiger partial charge in [0, 0.05) is 18.0 Å². The Balaban J connectivity index is 1.71. The molecule has 0 spiro atoms. The second-order valence-electron chi connectivity index (χ2n) is 7.03. The first-order valence-corrected chi connectivity index (χ1v) is 10.9. The van der Waals surface area contributed by atoms with E-state index in [9.17, 15) is 18.4 Å². The first kappa shape index (κ1) is 22.6. The van der Waals surface area contributed by atoms with Gasteiger partial charge in [-0.3, -0.25) is 9.59 Å². The highest BCUT2D eigenvalue weighted by Crippen LogP contribution is 2.37. The van der Waals surface area contributed by atoms with E-state index in [0.717, 1.165) is 17.7 Å². The fourth-order valence-corrected chi connectivity index (χ4v) is 4.34. The number of pyridine rings is 1. The molecule has 9 heteroatoms. The van der Waals surface area contributed by atoms with Crippen molar-refractivity contribution < 1.29 is 18.4 Å². The molecule has 0 radical (unpaired) electrons. The number of hydrogen-bond acceptors (Lipinski definition) is 4. The van der Waals surface area contributed by atoms with Gasteiger partial charge in [0.15, 0.2) is 11.6 Å². The van der Waals surface area contributed by atoms with E-state index in [1.807, 2.05) is 0 Å². The van der Waals surface area contributed by atoms with E-state index < -0.39 is 11.6 Å². The number of carbonyl (C=O) groups excluding carboxylic acids is 2. The molecule has 1 N–H and O–H groups in total. The minimum absolute atomic E-state index is 0.306. The van der Waals surface area contributed by atoms with Gasteiger partial charge in [-0.1, -0.05) is 41.9 Å². The van der Waals surface area contributed by atoms with Gasteiger partial charge in [-0.05, 0) is 41.0 Å². The van der Waals surface area contributed by atoms with Crippen LogP contribution >= 0.6 is 22.9 Å². The van der Waals surface area contributed by atoms with Crippen molar-refractivity contribution in [1.29, 1.82) is 0 Å². The molecule has 0 bridgehead atoms. The van der Waals surface area contributed by atoms with Gasteiger partial charge in [0.25, 0.3) is 5.91 Å². The predicted molar refractivity (Wildman–Crippen MR) is 127 cm³/mol. The van der Waals surface area contributed by atoms with Gasteiger partial charge in [-0.15, -0.1) is 11.3 Å². The number of anilines is 2. The van der Waals surface area contributed by atoms with Crippen LogP contribution in [0, 0.1) is 11.6 Å². The molecule has 2 heterocycles. The molecule has 0 fully saturated rings. The summed E-state index contributed by atoms with van der Waals surface area (Å²) in [5.41, 5.74) is 3.43. The lowest BCUT2D eigenvalue weighted by atomic mass is 9.99. The first-order chi connectivity index (χ1) is 15.9. The molecule has 5 nitrogen and oxygen atoms in total. The van der Waals surface area contributed by atoms with Gasteiger partial charge >= 0.3 is 0 Å². The molecule has 0 saturated heterocycles. The number of carbonyl (C=O) groups is 2. The lowest BCUT2D eigenvalue weighted by molar-refractivity contribution is -0.105. The molecule has 0 unspecified atom stereocenters. The second kappa shape index (κ2) is 9.48. The molecule has 2 aromatic heterocycles. The molecule has 0 aliphatic carbocycles. The Bertz CT molecular complexity index is 1320. The van der Waals surface area contributed by atoms with Gasteiger partial charge in [-0.25, -0.2) is 13.8 Å². The summed E-state index contributed by atoms with van der Waals surface area (Å²) in [5, 5.41) is 5.08. The van der Waals surface area contributed by atoms with E-state index in [0.29, 0.717) is 44.5 Å². The Kier molecular flexibility index (Phi) is 6.48. The van der Waals surface area contributed by atoms with Gasteiger partial charge in [0.05, 0.1) is 17.4 Å². The van der Waals surface area contributed by atoms with Crippen molar-refractivity contribution in [3.8, 4) is 22.3 Å². The SMILES string of the molecule is CN(C(=O)c1c(-c2ccc(-c3ccc(F)c(F)c3)cc2)csc1NC=O)c1ccc(Cl)nc1. The largest absolute Gasteiger partial charge is 0.320 e. The number of amides is 2. The standard InChI is InChI=1S/C24H16ClF2N3O2S/c1-30(17-7-9-21(25)28-11-17)24(32)22-18(12-33-23(22)29-13-31)15-4-2-14(3-5-15)16-6-8-19(26)20(27)10-16/h2-13H,1H3,(H,29,31). The van der Waals surface area contributed by atoms with Crippen LogP contribution in [0.1, 0.15) is 10.4 Å². The van der Waals surface area contributed by atoms with Crippen molar-refractivity contribution >= 4 is 45.9 Å². The summed E-state index contributed by atoms with van der Waals surface area (Å²) in [7, 11) is 1.60. The monoisotopic (exact) mass is 483 g/mol. The Hall–Kier alpha value is -3.62. The van der Waals surface area contributed by atoms with Crippen LogP contribution in [0.25, 0.3) is 22.3 Å². The van der Waals surface area contributed by atoms with E-state index in [4.69, 9.17) is 11.6 Å². The fraction of sp³-hybridized carbons (Fsp3) is 0.0417. The van der Waals surface area contributed by atoms with Crippen LogP contribution in [0.2, 0.25) is 5.15 Å². The first-order valence-electron chi connectivity index (χ1n) is 9.66. The van der Waals surface area contributed by atoms with E-state index in [1.165, 1.54) is 28.5 Å². The summed E-state index contributed by atoms with van der Waals surface area (Å²) in [6, 6.07) is 14.0. The maximum Gasteiger partial charge on any atom is 0.261 e. The van der Waals surface area contributed by atoms with Gasteiger partial charge < -0.3 is 10.2 Å². The number of rotatable bonds is 6. The molecular formula is C24H16ClF2N3O2S. The maximum absolute atomic E-state index is 13.6. The van der Waals surface area contributed by atoms with E-state index in [-0.39, 0.29) is 5.91 Å². The number of nitrogens with one attached hydrogen (secondary N) is 1. The zero-order valence-corrected chi connectivity index (χ0v) is 18.8. The van der Waals surface area contributed by atoms with Crippen LogP contribution in [-0.4, -0.2) is 24.3 Å². The molecule has 0 aliphatic heterocycles. The highest BCUT2D eigenvalue weighted by molar-refractivity contribution is 7.15. The van der Waals surface area contributed by atoms with E-state index >= 15 is 0 Å². The van der Waals surface area contributed by atoms with E-state index in [1.54, 1.807) is 48.8 Å². The minimum Gasteiger partial charge on any atom is -0.320 e. The molecule has 2 amide bonds. The molecule has 0 saturated carbocycles. The lowest BCUT2D eigenvalue weighted by Crippen LogP contribution is -2.27. The molecule has 2 aromatic carbocycles. The number of thiophene rings is 1. The Morgan fingerprint density at radius 2 is 1.73 bits per heavy atom. The molecule has 166 valence electrons. The summed E-state index contributed by atoms with van der Waals surface area (Å²) in [5.74, 6) is -2.18. The maximum atomic E-state index is 13.6. The zero-order chi connectivity index (χ0) is 23.5. The molecule has 4 aromatic rings.